The Bertz CT molecular complexity index is 1040. The first kappa shape index (κ1) is 15.0. The van der Waals surface area contributed by atoms with Gasteiger partial charge in [0.05, 0.1) is 16.5 Å². The molecular weight excluding hydrogens is 318 g/mol. The first-order valence-corrected chi connectivity index (χ1v) is 6.61. The van der Waals surface area contributed by atoms with Gasteiger partial charge < -0.3 is 15.5 Å². The fourth-order valence-corrected chi connectivity index (χ4v) is 2.58. The molecule has 0 saturated carbocycles. The van der Waals surface area contributed by atoms with E-state index >= 15 is 0 Å². The number of nitro benzene ring substituents is 1. The van der Waals surface area contributed by atoms with Gasteiger partial charge in [0.25, 0.3) is 11.2 Å². The van der Waals surface area contributed by atoms with Crippen LogP contribution in [0.2, 0.25) is 0 Å². The number of nitrogens with two attached hydrogens (primary N) is 1. The van der Waals surface area contributed by atoms with E-state index in [1.165, 1.54) is 24.3 Å². The smallest absolute Gasteiger partial charge is 0.326 e. The summed E-state index contributed by atoms with van der Waals surface area (Å²) in [6.07, 6.45) is 0. The second-order valence-corrected chi connectivity index (χ2v) is 4.89. The van der Waals surface area contributed by atoms with Crippen LogP contribution in [0.25, 0.3) is 0 Å². The van der Waals surface area contributed by atoms with Crippen molar-refractivity contribution in [3.8, 4) is 11.8 Å². The van der Waals surface area contributed by atoms with Crippen molar-refractivity contribution in [3.05, 3.63) is 77.9 Å². The molecule has 0 spiro atoms. The van der Waals surface area contributed by atoms with Gasteiger partial charge in [-0.1, -0.05) is 18.2 Å². The van der Waals surface area contributed by atoms with Crippen LogP contribution in [0.15, 0.2) is 45.3 Å². The van der Waals surface area contributed by atoms with E-state index in [1.54, 1.807) is 0 Å². The molecule has 4 N–H and O–H groups in total. The lowest BCUT2D eigenvalue weighted by Gasteiger charge is -2.24. The third kappa shape index (κ3) is 2.20. The number of benzene rings is 1. The van der Waals surface area contributed by atoms with Crippen LogP contribution in [-0.2, 0) is 0 Å². The number of rotatable bonds is 2. The Kier molecular flexibility index (Phi) is 3.38. The van der Waals surface area contributed by atoms with E-state index in [1.807, 2.05) is 11.1 Å². The lowest BCUT2D eigenvalue weighted by molar-refractivity contribution is -0.385. The number of nitrogens with zero attached hydrogens (tertiary/aromatic N) is 2. The Labute approximate surface area is 133 Å². The normalized spacial score (nSPS) is 16.0. The lowest BCUT2D eigenvalue weighted by Crippen LogP contribution is -2.32. The molecule has 1 atom stereocenters. The van der Waals surface area contributed by atoms with E-state index in [4.69, 9.17) is 10.5 Å². The maximum atomic E-state index is 11.9. The van der Waals surface area contributed by atoms with Gasteiger partial charge in [-0.3, -0.25) is 19.9 Å². The van der Waals surface area contributed by atoms with Crippen molar-refractivity contribution in [2.24, 2.45) is 5.73 Å². The van der Waals surface area contributed by atoms with E-state index in [2.05, 4.69) is 4.98 Å². The van der Waals surface area contributed by atoms with Crippen LogP contribution in [0.3, 0.4) is 0 Å². The number of H-pyrrole nitrogens is 2. The Morgan fingerprint density at radius 3 is 2.67 bits per heavy atom. The SMILES string of the molecule is N#CC1=C(N)Oc2c([nH]c(=O)[nH]c2=O)[C@H]1c1ccccc1[N+](=O)[O-]. The summed E-state index contributed by atoms with van der Waals surface area (Å²) in [5.41, 5.74) is 3.62. The number of allylic oxidation sites excluding steroid dienone is 1. The highest BCUT2D eigenvalue weighted by Crippen LogP contribution is 2.41. The summed E-state index contributed by atoms with van der Waals surface area (Å²) in [5.74, 6) is -1.77. The highest BCUT2D eigenvalue weighted by atomic mass is 16.6. The van der Waals surface area contributed by atoms with Crippen molar-refractivity contribution < 1.29 is 9.66 Å². The number of para-hydroxylation sites is 1. The summed E-state index contributed by atoms with van der Waals surface area (Å²) in [5, 5.41) is 20.7. The Balaban J connectivity index is 2.39. The molecule has 0 aliphatic carbocycles. The molecule has 0 fully saturated rings. The van der Waals surface area contributed by atoms with Gasteiger partial charge in [0.2, 0.25) is 11.6 Å². The molecule has 3 rings (SSSR count). The number of aromatic nitrogens is 2. The molecule has 1 aromatic heterocycles. The fraction of sp³-hybridized carbons (Fsp3) is 0.0714. The van der Waals surface area contributed by atoms with Gasteiger partial charge in [-0.2, -0.15) is 5.26 Å². The van der Waals surface area contributed by atoms with Gasteiger partial charge in [0, 0.05) is 11.6 Å². The lowest BCUT2D eigenvalue weighted by atomic mass is 9.86. The number of nitriles is 1. The zero-order valence-electron chi connectivity index (χ0n) is 11.9. The molecular formula is C14H9N5O5. The first-order chi connectivity index (χ1) is 11.4. The average Bonchev–Trinajstić information content (AvgIpc) is 2.54. The minimum atomic E-state index is -1.10. The Morgan fingerprint density at radius 2 is 2.00 bits per heavy atom. The second-order valence-electron chi connectivity index (χ2n) is 4.89. The molecule has 1 aromatic carbocycles. The molecule has 120 valence electrons. The van der Waals surface area contributed by atoms with Crippen molar-refractivity contribution in [1.29, 1.82) is 5.26 Å². The first-order valence-electron chi connectivity index (χ1n) is 6.61. The van der Waals surface area contributed by atoms with Gasteiger partial charge in [-0.25, -0.2) is 4.79 Å². The van der Waals surface area contributed by atoms with Gasteiger partial charge in [-0.15, -0.1) is 0 Å². The van der Waals surface area contributed by atoms with Crippen molar-refractivity contribution in [2.45, 2.75) is 5.92 Å². The van der Waals surface area contributed by atoms with Crippen LogP contribution in [0, 0.1) is 21.4 Å². The Hall–Kier alpha value is -3.87. The van der Waals surface area contributed by atoms with Crippen LogP contribution in [0.4, 0.5) is 5.69 Å². The summed E-state index contributed by atoms with van der Waals surface area (Å²) < 4.78 is 5.12. The predicted octanol–water partition coefficient (Wildman–Crippen LogP) is 0.190. The highest BCUT2D eigenvalue weighted by molar-refractivity contribution is 5.57. The molecule has 0 radical (unpaired) electrons. The number of fused-ring (bicyclic) bond motifs is 1. The van der Waals surface area contributed by atoms with Crippen LogP contribution in [0.1, 0.15) is 17.2 Å². The number of aromatic amines is 2. The topological polar surface area (TPSA) is 168 Å². The standard InChI is InChI=1S/C14H9N5O5/c15-5-7-9(6-3-1-2-4-8(6)19(22)23)10-11(24-12(7)16)13(20)18-14(21)17-10/h1-4,9H,16H2,(H2,17,18,20,21)/t9-/m0/s1. The molecule has 0 amide bonds. The zero-order valence-corrected chi connectivity index (χ0v) is 11.9. The summed E-state index contributed by atoms with van der Waals surface area (Å²) >= 11 is 0. The predicted molar refractivity (Wildman–Crippen MR) is 80.1 cm³/mol. The van der Waals surface area contributed by atoms with Crippen LogP contribution < -0.4 is 21.7 Å². The van der Waals surface area contributed by atoms with Crippen molar-refractivity contribution in [2.75, 3.05) is 0 Å². The molecule has 24 heavy (non-hydrogen) atoms. The molecule has 10 heteroatoms. The number of hydrogen-bond acceptors (Lipinski definition) is 7. The van der Waals surface area contributed by atoms with Crippen molar-refractivity contribution in [1.82, 2.24) is 9.97 Å². The average molecular weight is 327 g/mol. The third-order valence-electron chi connectivity index (χ3n) is 3.55. The molecule has 2 aromatic rings. The van der Waals surface area contributed by atoms with Crippen LogP contribution in [0.5, 0.6) is 5.75 Å². The van der Waals surface area contributed by atoms with Gasteiger partial charge in [0.15, 0.2) is 0 Å². The van der Waals surface area contributed by atoms with Crippen molar-refractivity contribution in [3.63, 3.8) is 0 Å². The molecule has 0 bridgehead atoms. The van der Waals surface area contributed by atoms with Crippen LogP contribution >= 0.6 is 0 Å². The molecule has 1 aliphatic heterocycles. The van der Waals surface area contributed by atoms with E-state index in [9.17, 15) is 25.0 Å². The van der Waals surface area contributed by atoms with E-state index in [0.29, 0.717) is 0 Å². The van der Waals surface area contributed by atoms with Gasteiger partial charge in [0.1, 0.15) is 11.6 Å². The van der Waals surface area contributed by atoms with E-state index in [-0.39, 0.29) is 34.2 Å². The molecule has 2 heterocycles. The van der Waals surface area contributed by atoms with E-state index < -0.39 is 22.1 Å². The summed E-state index contributed by atoms with van der Waals surface area (Å²) in [6, 6.07) is 7.49. The fourth-order valence-electron chi connectivity index (χ4n) is 2.58. The molecule has 0 saturated heterocycles. The monoisotopic (exact) mass is 327 g/mol. The van der Waals surface area contributed by atoms with Crippen molar-refractivity contribution >= 4 is 5.69 Å². The summed E-state index contributed by atoms with van der Waals surface area (Å²) in [4.78, 5) is 38.5. The van der Waals surface area contributed by atoms with Gasteiger partial charge >= 0.3 is 5.69 Å². The quantitative estimate of drug-likeness (QED) is 0.522. The second kappa shape index (κ2) is 5.40. The number of nitrogens with one attached hydrogen (secondary N) is 2. The minimum Gasteiger partial charge on any atom is -0.433 e. The van der Waals surface area contributed by atoms with Gasteiger partial charge in [-0.05, 0) is 0 Å². The minimum absolute atomic E-state index is 0.0659. The third-order valence-corrected chi connectivity index (χ3v) is 3.55. The number of hydrogen-bond donors (Lipinski definition) is 3. The Morgan fingerprint density at radius 1 is 1.29 bits per heavy atom. The number of ether oxygens (including phenoxy) is 1. The van der Waals surface area contributed by atoms with E-state index in [0.717, 1.165) is 0 Å². The number of nitro groups is 1. The summed E-state index contributed by atoms with van der Waals surface area (Å²) in [6.45, 7) is 0. The molecule has 10 nitrogen and oxygen atoms in total. The molecule has 0 unspecified atom stereocenters. The largest absolute Gasteiger partial charge is 0.433 e. The summed E-state index contributed by atoms with van der Waals surface area (Å²) in [7, 11) is 0. The zero-order chi connectivity index (χ0) is 17.4. The highest BCUT2D eigenvalue weighted by Gasteiger charge is 2.36. The maximum absolute atomic E-state index is 11.9. The maximum Gasteiger partial charge on any atom is 0.326 e. The molecule has 1 aliphatic rings. The van der Waals surface area contributed by atoms with Crippen LogP contribution in [-0.4, -0.2) is 14.9 Å².